The molecule has 6 aromatic rings. The molecule has 9 heterocycles. The van der Waals surface area contributed by atoms with Gasteiger partial charge in [0.25, 0.3) is 0 Å². The van der Waals surface area contributed by atoms with Gasteiger partial charge >= 0.3 is 0 Å². The van der Waals surface area contributed by atoms with E-state index in [2.05, 4.69) is 274 Å². The minimum absolute atomic E-state index is 0.00895. The lowest BCUT2D eigenvalue weighted by Crippen LogP contribution is -2.54. The van der Waals surface area contributed by atoms with Crippen LogP contribution in [0.25, 0.3) is 11.3 Å². The number of piperidine rings is 4. The van der Waals surface area contributed by atoms with Crippen LogP contribution in [0.1, 0.15) is 305 Å². The average molecular weight is 1820 g/mol. The number of hydrogen-bond acceptors (Lipinski definition) is 15. The monoisotopic (exact) mass is 1820 g/mol. The summed E-state index contributed by atoms with van der Waals surface area (Å²) in [5, 5.41) is 0.864. The second kappa shape index (κ2) is 38.9. The number of anilines is 4. The van der Waals surface area contributed by atoms with Gasteiger partial charge in [-0.1, -0.05) is 172 Å². The van der Waals surface area contributed by atoms with E-state index in [1.165, 1.54) is 99.7 Å². The standard InChI is InChI=1S/C35H44F3N3O2Si.C24H40N2O2Si.2C23H40N2OSi/c1-20-12-13-24-31(20)39-17-23(33(24)41-18-21(2)34(22(3)19-41)43-44(7,8)35(4,5)6)16-29(42)28-15-14-27(38)32(40-28)30-25(36)10-9-11-26(30)37;1-15-10-11-19-21(15)25-12-20(18(4)27)22(19)26-13-16(2)23(17(3)14-26)28-29(8,9)24(5,6)7;2*1-15-10-11-19-20(15)24-12-16(2)21(19)25-13-17(3)22(18(4)14-25)26-27(8,9)23(5,6)7/h9-11,14-15,17,20-22,34H,12-13,16,18-19H2,1-8H3;12,15-17,23H,10-11,13-14H2,1-9H3;2*12,15,17-18,22H,10-11,13-14H2,1-9H3/t20-,21-,22+,34?;15-,16-,17+,23?;2*15-,17-,18+,22?/m1111/s1. The Labute approximate surface area is 769 Å². The zero-order chi connectivity index (χ0) is 94.2. The number of rotatable bonds is 17. The number of carbonyl (C=O) groups excluding carboxylic acids is 2. The Morgan fingerprint density at radius 3 is 0.969 bits per heavy atom. The first-order valence-electron chi connectivity index (χ1n) is 48.6. The first-order chi connectivity index (χ1) is 58.8. The van der Waals surface area contributed by atoms with Crippen LogP contribution in [0.4, 0.5) is 35.9 Å². The number of hydrogen-bond donors (Lipinski definition) is 0. The van der Waals surface area contributed by atoms with Gasteiger partial charge in [-0.3, -0.25) is 29.5 Å². The van der Waals surface area contributed by atoms with Crippen LogP contribution >= 0.6 is 0 Å². The number of aryl methyl sites for hydroxylation is 2. The lowest BCUT2D eigenvalue weighted by atomic mass is 9.87. The average Bonchev–Trinajstić information content (AvgIpc) is 1.68. The van der Waals surface area contributed by atoms with Crippen molar-refractivity contribution in [3.63, 3.8) is 0 Å². The van der Waals surface area contributed by atoms with Gasteiger partial charge in [-0.15, -0.1) is 0 Å². The van der Waals surface area contributed by atoms with E-state index in [0.717, 1.165) is 124 Å². The largest absolute Gasteiger partial charge is 0.413 e. The molecule has 127 heavy (non-hydrogen) atoms. The molecule has 15 nitrogen and oxygen atoms in total. The summed E-state index contributed by atoms with van der Waals surface area (Å²) in [7, 11) is -7.27. The molecular weight excluding hydrogens is 1650 g/mol. The highest BCUT2D eigenvalue weighted by Gasteiger charge is 2.50. The summed E-state index contributed by atoms with van der Waals surface area (Å²) >= 11 is 0. The zero-order valence-corrected chi connectivity index (χ0v) is 89.1. The predicted octanol–water partition coefficient (Wildman–Crippen LogP) is 26.2. The highest BCUT2D eigenvalue weighted by Crippen LogP contribution is 2.51. The van der Waals surface area contributed by atoms with Crippen molar-refractivity contribution in [1.82, 2.24) is 24.9 Å². The number of aromatic nitrogens is 5. The van der Waals surface area contributed by atoms with Gasteiger partial charge in [0.05, 0.1) is 41.2 Å². The Bertz CT molecular complexity index is 4730. The predicted molar refractivity (Wildman–Crippen MR) is 531 cm³/mol. The highest BCUT2D eigenvalue weighted by atomic mass is 28.4. The lowest BCUT2D eigenvalue weighted by Gasteiger charge is -2.48. The highest BCUT2D eigenvalue weighted by molar-refractivity contribution is 6.75. The molecule has 22 heteroatoms. The number of benzene rings is 1. The van der Waals surface area contributed by atoms with E-state index in [-0.39, 0.29) is 67.9 Å². The third kappa shape index (κ3) is 21.8. The van der Waals surface area contributed by atoms with Crippen LogP contribution < -0.4 is 19.6 Å². The van der Waals surface area contributed by atoms with Crippen molar-refractivity contribution in [2.75, 3.05) is 72.0 Å². The summed E-state index contributed by atoms with van der Waals surface area (Å²) in [5.41, 5.74) is 18.8. The van der Waals surface area contributed by atoms with Gasteiger partial charge in [0.15, 0.2) is 44.8 Å². The van der Waals surface area contributed by atoms with Crippen LogP contribution in [0.2, 0.25) is 72.5 Å². The van der Waals surface area contributed by atoms with Crippen molar-refractivity contribution in [1.29, 1.82) is 0 Å². The third-order valence-corrected chi connectivity index (χ3v) is 50.1. The fourth-order valence-corrected chi connectivity index (χ4v) is 26.8. The third-order valence-electron chi connectivity index (χ3n) is 32.2. The molecule has 4 unspecified atom stereocenters. The van der Waals surface area contributed by atoms with Crippen molar-refractivity contribution >= 4 is 67.6 Å². The molecule has 4 aliphatic heterocycles. The van der Waals surface area contributed by atoms with Crippen LogP contribution in [0.3, 0.4) is 0 Å². The SMILES string of the molecule is CC(=O)c1cnc2c(c1N1C[C@@H](C)C(O[Si](C)(C)C(C)(C)C)[C@@H](C)C1)CC[C@H]2C.C[C@@H]1CCc2c1ncc(CC(=O)c1ccc(F)c(-c3c(F)cccc3F)n1)c2N1C[C@@H](C)C(O[Si](C)(C)C(C)(C)C)[C@@H](C)C1.Cc1cnc2c(c1N1C[C@@H](C)C(O[Si](C)(C)C(C)(C)C)[C@@H](C)C1)CC[C@H]2C.Cc1cnc2c(c1N1C[C@@H](C)C(O[Si](C)(C)C(C)(C)C)[C@@H](C)C1)CC[C@H]2C. The van der Waals surface area contributed by atoms with Gasteiger partial charge in [0.2, 0.25) is 0 Å². The molecule has 0 bridgehead atoms. The molecule has 0 radical (unpaired) electrons. The minimum atomic E-state index is -1.97. The topological polar surface area (TPSA) is 148 Å². The number of carbonyl (C=O) groups is 2. The summed E-state index contributed by atoms with van der Waals surface area (Å²) in [6.45, 7) is 88.4. The van der Waals surface area contributed by atoms with E-state index in [9.17, 15) is 22.8 Å². The molecule has 1 aromatic carbocycles. The molecule has 0 amide bonds. The maximum Gasteiger partial charge on any atom is 0.192 e. The van der Waals surface area contributed by atoms with E-state index < -0.39 is 62.0 Å². The van der Waals surface area contributed by atoms with Gasteiger partial charge in [0, 0.05) is 129 Å². The lowest BCUT2D eigenvalue weighted by molar-refractivity contribution is 0.0626. The summed E-state index contributed by atoms with van der Waals surface area (Å²) in [6, 6.07) is 5.60. The van der Waals surface area contributed by atoms with E-state index in [1.807, 2.05) is 6.20 Å². The Kier molecular flexibility index (Phi) is 31.1. The van der Waals surface area contributed by atoms with Crippen LogP contribution in [-0.4, -0.2) is 147 Å². The number of fused-ring (bicyclic) bond motifs is 4. The first kappa shape index (κ1) is 102. The van der Waals surface area contributed by atoms with Crippen molar-refractivity contribution in [3.8, 4) is 11.3 Å². The van der Waals surface area contributed by atoms with Crippen LogP contribution in [0, 0.1) is 78.6 Å². The smallest absolute Gasteiger partial charge is 0.192 e. The number of ketones is 2. The molecule has 14 rings (SSSR count). The molecule has 4 aliphatic carbocycles. The van der Waals surface area contributed by atoms with E-state index in [4.69, 9.17) is 32.7 Å². The molecule has 702 valence electrons. The van der Waals surface area contributed by atoms with Gasteiger partial charge in [-0.25, -0.2) is 18.2 Å². The van der Waals surface area contributed by atoms with Gasteiger partial charge in [0.1, 0.15) is 28.8 Å². The van der Waals surface area contributed by atoms with Crippen LogP contribution in [0.15, 0.2) is 55.1 Å². The number of nitrogens with zero attached hydrogens (tertiary/aromatic N) is 9. The van der Waals surface area contributed by atoms with Crippen molar-refractivity contribution in [2.24, 2.45) is 47.3 Å². The minimum Gasteiger partial charge on any atom is -0.413 e. The first-order valence-corrected chi connectivity index (χ1v) is 60.2. The Morgan fingerprint density at radius 2 is 0.661 bits per heavy atom. The quantitative estimate of drug-likeness (QED) is 0.0629. The summed E-state index contributed by atoms with van der Waals surface area (Å²) in [4.78, 5) is 59.4. The van der Waals surface area contributed by atoms with Crippen LogP contribution in [-0.2, 0) is 49.8 Å². The maximum atomic E-state index is 14.7. The summed E-state index contributed by atoms with van der Waals surface area (Å²) < 4.78 is 71.3. The van der Waals surface area contributed by atoms with Crippen molar-refractivity contribution in [2.45, 2.75) is 365 Å². The van der Waals surface area contributed by atoms with Crippen molar-refractivity contribution < 1.29 is 40.5 Å². The number of halogens is 3. The zero-order valence-electron chi connectivity index (χ0n) is 85.1. The second-order valence-corrected chi connectivity index (χ2v) is 66.1. The molecule has 5 aromatic heterocycles. The molecule has 8 aliphatic rings. The molecule has 0 spiro atoms. The van der Waals surface area contributed by atoms with E-state index in [0.29, 0.717) is 71.4 Å². The summed E-state index contributed by atoms with van der Waals surface area (Å²) in [6.07, 6.45) is 17.9. The van der Waals surface area contributed by atoms with Gasteiger partial charge in [-0.2, -0.15) is 0 Å². The second-order valence-electron chi connectivity index (χ2n) is 47.0. The van der Waals surface area contributed by atoms with E-state index in [1.54, 1.807) is 13.1 Å². The molecular formula is C105H164F3N9O6Si4. The maximum absolute atomic E-state index is 14.7. The fraction of sp³-hybridized carbons (Fsp3) is 0.686. The van der Waals surface area contributed by atoms with Gasteiger partial charge in [-0.05, 0) is 273 Å². The Morgan fingerprint density at radius 1 is 0.386 bits per heavy atom. The molecule has 0 N–H and O–H groups in total. The summed E-state index contributed by atoms with van der Waals surface area (Å²) in [5.74, 6) is 2.59. The van der Waals surface area contributed by atoms with Crippen molar-refractivity contribution in [3.05, 3.63) is 146 Å². The van der Waals surface area contributed by atoms with Gasteiger partial charge < -0.3 is 37.3 Å². The molecule has 0 saturated carbocycles. The Hall–Kier alpha value is -5.99. The molecule has 4 fully saturated rings. The molecule has 16 atom stereocenters. The molecule has 4 saturated heterocycles. The fourth-order valence-electron chi connectivity index (χ4n) is 20.8. The van der Waals surface area contributed by atoms with E-state index >= 15 is 0 Å². The normalized spacial score (nSPS) is 26.5. The van der Waals surface area contributed by atoms with Crippen LogP contribution in [0.5, 0.6) is 0 Å². The number of pyridine rings is 5. The number of Topliss-reactive ketones (excluding diaryl/α,β-unsaturated/α-hetero) is 2. The Balaban J connectivity index is 0.000000168.